The lowest BCUT2D eigenvalue weighted by Gasteiger charge is -2.40. The van der Waals surface area contributed by atoms with E-state index in [1.54, 1.807) is 28.4 Å². The monoisotopic (exact) mass is 486 g/mol. The topological polar surface area (TPSA) is 55.4 Å². The molecule has 3 aromatic rings. The molecule has 0 spiro atoms. The zero-order valence-corrected chi connectivity index (χ0v) is 22.1. The number of benzene rings is 3. The van der Waals surface area contributed by atoms with Gasteiger partial charge in [0, 0.05) is 38.8 Å². The van der Waals surface area contributed by atoms with Crippen molar-refractivity contribution in [2.45, 2.75) is 6.55 Å². The molecule has 0 unspecified atom stereocenters. The molecule has 0 fully saturated rings. The molecule has 32 heavy (non-hydrogen) atoms. The van der Waals surface area contributed by atoms with Gasteiger partial charge in [0.05, 0.1) is 0 Å². The van der Waals surface area contributed by atoms with Gasteiger partial charge in [0.25, 0.3) is 0 Å². The van der Waals surface area contributed by atoms with E-state index >= 15 is 0 Å². The van der Waals surface area contributed by atoms with Gasteiger partial charge in [-0.15, -0.1) is 0 Å². The maximum Gasteiger partial charge on any atom is 0.527 e. The zero-order chi connectivity index (χ0) is 23.1. The summed E-state index contributed by atoms with van der Waals surface area (Å²) < 4.78 is 37.6. The van der Waals surface area contributed by atoms with Crippen LogP contribution in [0.3, 0.4) is 0 Å². The molecule has 0 amide bonds. The van der Waals surface area contributed by atoms with Crippen molar-refractivity contribution in [1.29, 1.82) is 0 Å². The average Bonchev–Trinajstić information content (AvgIpc) is 2.88. The van der Waals surface area contributed by atoms with Crippen LogP contribution in [-0.2, 0) is 25.9 Å². The van der Waals surface area contributed by atoms with Crippen molar-refractivity contribution in [3.8, 4) is 0 Å². The highest BCUT2D eigenvalue weighted by Gasteiger charge is 2.56. The summed E-state index contributed by atoms with van der Waals surface area (Å²) in [5, 5.41) is 2.62. The largest absolute Gasteiger partial charge is 0.527 e. The highest BCUT2D eigenvalue weighted by atomic mass is 28.5. The molecule has 3 rings (SSSR count). The minimum absolute atomic E-state index is 0.852. The molecule has 0 radical (unpaired) electrons. The van der Waals surface area contributed by atoms with Crippen molar-refractivity contribution in [1.82, 2.24) is 0 Å². The fourth-order valence-corrected chi connectivity index (χ4v) is 14.7. The van der Waals surface area contributed by atoms with Gasteiger partial charge in [0.2, 0.25) is 0 Å². The fraction of sp³-hybridized carbons (Fsp3) is 0.217. The molecule has 0 aliphatic carbocycles. The van der Waals surface area contributed by atoms with E-state index < -0.39 is 26.2 Å². The second kappa shape index (κ2) is 10.8. The maximum absolute atomic E-state index is 6.86. The Hall–Kier alpha value is -1.93. The van der Waals surface area contributed by atoms with Gasteiger partial charge >= 0.3 is 26.2 Å². The summed E-state index contributed by atoms with van der Waals surface area (Å²) in [7, 11) is -3.42. The van der Waals surface area contributed by atoms with Crippen LogP contribution in [0, 0.1) is 0 Å². The lowest BCUT2D eigenvalue weighted by molar-refractivity contribution is 0.135. The molecule has 0 aliphatic heterocycles. The van der Waals surface area contributed by atoms with E-state index in [-0.39, 0.29) is 0 Å². The van der Waals surface area contributed by atoms with Crippen LogP contribution in [0.2, 0.25) is 6.55 Å². The van der Waals surface area contributed by atoms with Crippen molar-refractivity contribution < 1.29 is 25.9 Å². The minimum atomic E-state index is -3.32. The van der Waals surface area contributed by atoms with Gasteiger partial charge in [0.15, 0.2) is 0 Å². The Kier molecular flexibility index (Phi) is 8.33. The zero-order valence-electron chi connectivity index (χ0n) is 19.1. The first-order valence-electron chi connectivity index (χ1n) is 10.2. The van der Waals surface area contributed by atoms with Crippen molar-refractivity contribution in [2.24, 2.45) is 0 Å². The van der Waals surface area contributed by atoms with Gasteiger partial charge in [0.1, 0.15) is 0 Å². The van der Waals surface area contributed by atoms with E-state index in [9.17, 15) is 0 Å². The van der Waals surface area contributed by atoms with Crippen molar-refractivity contribution in [3.05, 3.63) is 91.0 Å². The fourth-order valence-electron chi connectivity index (χ4n) is 3.60. The smallest absolute Gasteiger partial charge is 0.387 e. The highest BCUT2D eigenvalue weighted by molar-refractivity contribution is 6.95. The lowest BCUT2D eigenvalue weighted by atomic mass is 10.4. The third-order valence-corrected chi connectivity index (χ3v) is 16.2. The van der Waals surface area contributed by atoms with Gasteiger partial charge in [-0.25, -0.2) is 0 Å². The van der Waals surface area contributed by atoms with Crippen LogP contribution in [0.4, 0.5) is 0 Å². The second-order valence-electron chi connectivity index (χ2n) is 7.18. The Morgan fingerprint density at radius 2 is 0.719 bits per heavy atom. The first-order chi connectivity index (χ1) is 15.5. The third-order valence-electron chi connectivity index (χ3n) is 5.29. The first kappa shape index (κ1) is 24.7. The molecule has 0 N–H and O–H groups in total. The normalized spacial score (nSPS) is 12.7. The van der Waals surface area contributed by atoms with E-state index in [1.165, 1.54) is 0 Å². The predicted molar refractivity (Wildman–Crippen MR) is 132 cm³/mol. The van der Waals surface area contributed by atoms with E-state index in [0.717, 1.165) is 15.6 Å². The van der Waals surface area contributed by atoms with Crippen LogP contribution in [0.5, 0.6) is 0 Å². The Bertz CT molecular complexity index is 894. The van der Waals surface area contributed by atoms with Crippen molar-refractivity contribution in [3.63, 3.8) is 0 Å². The Balaban J connectivity index is 2.13. The molecule has 0 aromatic heterocycles. The van der Waals surface area contributed by atoms with Crippen LogP contribution in [0.15, 0.2) is 91.0 Å². The van der Waals surface area contributed by atoms with Crippen LogP contribution in [0.1, 0.15) is 0 Å². The van der Waals surface area contributed by atoms with Crippen LogP contribution >= 0.6 is 0 Å². The Morgan fingerprint density at radius 1 is 0.438 bits per heavy atom. The molecule has 0 saturated carbocycles. The predicted octanol–water partition coefficient (Wildman–Crippen LogP) is 2.28. The molecular formula is C23H30O6Si3. The van der Waals surface area contributed by atoms with E-state index in [2.05, 4.69) is 0 Å². The van der Waals surface area contributed by atoms with Gasteiger partial charge in [-0.1, -0.05) is 91.0 Å². The molecule has 0 aliphatic rings. The SMILES string of the molecule is CO[Si](OC)(O[Si](C)(O[Si](OC)(OC)c1ccccc1)c1ccccc1)c1ccccc1. The Labute approximate surface area is 193 Å². The molecular weight excluding hydrogens is 457 g/mol. The second-order valence-corrected chi connectivity index (χ2v) is 16.3. The van der Waals surface area contributed by atoms with Gasteiger partial charge < -0.3 is 25.9 Å². The van der Waals surface area contributed by atoms with Crippen molar-refractivity contribution in [2.75, 3.05) is 28.4 Å². The quantitative estimate of drug-likeness (QED) is 0.388. The minimum Gasteiger partial charge on any atom is -0.387 e. The first-order valence-corrected chi connectivity index (χ1v) is 16.0. The van der Waals surface area contributed by atoms with Gasteiger partial charge in [-0.05, 0) is 11.7 Å². The maximum atomic E-state index is 6.86. The number of hydrogen-bond donors (Lipinski definition) is 0. The van der Waals surface area contributed by atoms with Crippen LogP contribution in [-0.4, -0.2) is 54.6 Å². The Morgan fingerprint density at radius 3 is 1.00 bits per heavy atom. The van der Waals surface area contributed by atoms with Crippen LogP contribution in [0.25, 0.3) is 0 Å². The summed E-state index contributed by atoms with van der Waals surface area (Å²) in [5.41, 5.74) is 0. The lowest BCUT2D eigenvalue weighted by Crippen LogP contribution is -2.71. The van der Waals surface area contributed by atoms with Gasteiger partial charge in [-0.3, -0.25) is 0 Å². The number of hydrogen-bond acceptors (Lipinski definition) is 6. The van der Waals surface area contributed by atoms with Crippen LogP contribution < -0.4 is 15.6 Å². The molecule has 0 bridgehead atoms. The van der Waals surface area contributed by atoms with Gasteiger partial charge in [-0.2, -0.15) is 0 Å². The summed E-state index contributed by atoms with van der Waals surface area (Å²) in [6.07, 6.45) is 0. The molecule has 170 valence electrons. The highest BCUT2D eigenvalue weighted by Crippen LogP contribution is 2.23. The van der Waals surface area contributed by atoms with Crippen molar-refractivity contribution >= 4 is 41.7 Å². The average molecular weight is 487 g/mol. The summed E-state index contributed by atoms with van der Waals surface area (Å²) in [6.45, 7) is 1.98. The standard InChI is InChI=1S/C23H30O6Si3/c1-24-31(25-2,22-17-11-7-12-18-22)28-30(5,21-15-9-6-10-16-21)29-32(26-3,27-4)23-19-13-8-14-20-23/h6-20H,1-5H3. The number of rotatable bonds is 11. The molecule has 0 saturated heterocycles. The molecule has 3 aromatic carbocycles. The molecule has 0 atom stereocenters. The van der Waals surface area contributed by atoms with E-state index in [1.807, 2.05) is 97.5 Å². The molecule has 6 nitrogen and oxygen atoms in total. The summed E-state index contributed by atoms with van der Waals surface area (Å²) in [4.78, 5) is 0. The third kappa shape index (κ3) is 5.01. The summed E-state index contributed by atoms with van der Waals surface area (Å²) in [6, 6.07) is 29.3. The summed E-state index contributed by atoms with van der Waals surface area (Å²) >= 11 is 0. The van der Waals surface area contributed by atoms with E-state index in [4.69, 9.17) is 25.9 Å². The molecule has 0 heterocycles. The van der Waals surface area contributed by atoms with E-state index in [0.29, 0.717) is 0 Å². The summed E-state index contributed by atoms with van der Waals surface area (Å²) in [5.74, 6) is 0. The molecule has 9 heteroatoms.